The Hall–Kier alpha value is -3.00. The van der Waals surface area contributed by atoms with Crippen LogP contribution in [0.3, 0.4) is 0 Å². The van der Waals surface area contributed by atoms with Crippen molar-refractivity contribution in [2.24, 2.45) is 0 Å². The van der Waals surface area contributed by atoms with Gasteiger partial charge in [-0.25, -0.2) is 8.42 Å². The number of aryl methyl sites for hydroxylation is 1. The van der Waals surface area contributed by atoms with Gasteiger partial charge in [0.05, 0.1) is 14.2 Å². The second kappa shape index (κ2) is 7.71. The van der Waals surface area contributed by atoms with E-state index in [1.54, 1.807) is 31.4 Å². The second-order valence-corrected chi connectivity index (χ2v) is 7.40. The van der Waals surface area contributed by atoms with Crippen molar-refractivity contribution in [1.29, 1.82) is 0 Å². The molecule has 27 heavy (non-hydrogen) atoms. The number of nitrogens with zero attached hydrogens (tertiary/aromatic N) is 1. The van der Waals surface area contributed by atoms with E-state index in [0.717, 1.165) is 11.1 Å². The van der Waals surface area contributed by atoms with Gasteiger partial charge < -0.3 is 14.0 Å². The van der Waals surface area contributed by atoms with E-state index in [4.69, 9.17) is 14.0 Å². The van der Waals surface area contributed by atoms with Crippen molar-refractivity contribution >= 4 is 15.8 Å². The van der Waals surface area contributed by atoms with Gasteiger partial charge in [-0.2, -0.15) is 0 Å². The summed E-state index contributed by atoms with van der Waals surface area (Å²) in [6.45, 7) is 1.95. The number of aromatic nitrogens is 1. The van der Waals surface area contributed by atoms with Crippen LogP contribution >= 0.6 is 0 Å². The smallest absolute Gasteiger partial charge is 0.266 e. The van der Waals surface area contributed by atoms with E-state index < -0.39 is 10.0 Å². The van der Waals surface area contributed by atoms with Crippen molar-refractivity contribution in [2.45, 2.75) is 18.2 Å². The van der Waals surface area contributed by atoms with Gasteiger partial charge in [-0.05, 0) is 36.2 Å². The summed E-state index contributed by atoms with van der Waals surface area (Å²) in [7, 11) is -0.899. The average molecular weight is 388 g/mol. The predicted molar refractivity (Wildman–Crippen MR) is 102 cm³/mol. The lowest BCUT2D eigenvalue weighted by atomic mass is 10.1. The van der Waals surface area contributed by atoms with Crippen LogP contribution in [0.1, 0.15) is 12.5 Å². The van der Waals surface area contributed by atoms with Crippen LogP contribution in [-0.2, 0) is 16.4 Å². The first kappa shape index (κ1) is 18.8. The van der Waals surface area contributed by atoms with Crippen LogP contribution < -0.4 is 14.2 Å². The molecule has 0 saturated heterocycles. The minimum atomic E-state index is -3.89. The van der Waals surface area contributed by atoms with E-state index in [2.05, 4.69) is 9.88 Å². The first-order chi connectivity index (χ1) is 13.0. The Labute approximate surface area is 158 Å². The van der Waals surface area contributed by atoms with Gasteiger partial charge in [0, 0.05) is 11.6 Å². The van der Waals surface area contributed by atoms with E-state index in [1.165, 1.54) is 13.2 Å². The van der Waals surface area contributed by atoms with E-state index in [1.807, 2.05) is 25.1 Å². The topological polar surface area (TPSA) is 90.7 Å². The average Bonchev–Trinajstić information content (AvgIpc) is 3.15. The molecule has 0 spiro atoms. The molecule has 2 aromatic carbocycles. The van der Waals surface area contributed by atoms with Crippen molar-refractivity contribution in [3.63, 3.8) is 0 Å². The highest BCUT2D eigenvalue weighted by Crippen LogP contribution is 2.29. The van der Waals surface area contributed by atoms with Crippen molar-refractivity contribution in [3.8, 4) is 22.8 Å². The third-order valence-electron chi connectivity index (χ3n) is 4.03. The number of rotatable bonds is 7. The van der Waals surface area contributed by atoms with Crippen LogP contribution in [0.25, 0.3) is 11.3 Å². The molecule has 0 atom stereocenters. The monoisotopic (exact) mass is 388 g/mol. The molecule has 0 radical (unpaired) electrons. The van der Waals surface area contributed by atoms with Gasteiger partial charge in [0.2, 0.25) is 0 Å². The zero-order valence-electron chi connectivity index (χ0n) is 15.2. The molecule has 0 fully saturated rings. The highest BCUT2D eigenvalue weighted by molar-refractivity contribution is 7.92. The molecule has 0 aliphatic rings. The summed E-state index contributed by atoms with van der Waals surface area (Å²) in [4.78, 5) is 0.0512. The van der Waals surface area contributed by atoms with Crippen LogP contribution in [0.2, 0.25) is 0 Å². The lowest BCUT2D eigenvalue weighted by Gasteiger charge is -2.11. The summed E-state index contributed by atoms with van der Waals surface area (Å²) in [5, 5.41) is 3.81. The van der Waals surface area contributed by atoms with Crippen molar-refractivity contribution in [3.05, 3.63) is 54.1 Å². The summed E-state index contributed by atoms with van der Waals surface area (Å²) in [5.41, 5.74) is 1.60. The van der Waals surface area contributed by atoms with Crippen LogP contribution in [0.5, 0.6) is 11.5 Å². The highest BCUT2D eigenvalue weighted by atomic mass is 32.2. The Morgan fingerprint density at radius 1 is 1.07 bits per heavy atom. The molecule has 3 aromatic rings. The SMILES string of the molecule is CCc1ccc(OC)c(S(=O)(=O)Nc2cc(-c3cccc(OC)c3)on2)c1. The number of benzene rings is 2. The lowest BCUT2D eigenvalue weighted by Crippen LogP contribution is -2.14. The van der Waals surface area contributed by atoms with E-state index in [-0.39, 0.29) is 16.5 Å². The molecule has 0 unspecified atom stereocenters. The zero-order chi connectivity index (χ0) is 19.4. The number of anilines is 1. The molecule has 1 aromatic heterocycles. The zero-order valence-corrected chi connectivity index (χ0v) is 16.0. The fourth-order valence-electron chi connectivity index (χ4n) is 2.58. The van der Waals surface area contributed by atoms with Crippen molar-refractivity contribution in [1.82, 2.24) is 5.16 Å². The van der Waals surface area contributed by atoms with Gasteiger partial charge in [0.1, 0.15) is 16.4 Å². The van der Waals surface area contributed by atoms with E-state index in [0.29, 0.717) is 17.9 Å². The normalized spacial score (nSPS) is 11.2. The fourth-order valence-corrected chi connectivity index (χ4v) is 3.78. The Bertz CT molecular complexity index is 1040. The van der Waals surface area contributed by atoms with E-state index in [9.17, 15) is 8.42 Å². The number of nitrogens with one attached hydrogen (secondary N) is 1. The third-order valence-corrected chi connectivity index (χ3v) is 5.41. The van der Waals surface area contributed by atoms with Crippen molar-refractivity contribution < 1.29 is 22.4 Å². The van der Waals surface area contributed by atoms with Crippen LogP contribution in [0, 0.1) is 0 Å². The van der Waals surface area contributed by atoms with Crippen LogP contribution in [0.4, 0.5) is 5.82 Å². The largest absolute Gasteiger partial charge is 0.497 e. The second-order valence-electron chi connectivity index (χ2n) is 5.75. The summed E-state index contributed by atoms with van der Waals surface area (Å²) in [6.07, 6.45) is 0.705. The molecule has 0 saturated carbocycles. The number of sulfonamides is 1. The van der Waals surface area contributed by atoms with Crippen molar-refractivity contribution in [2.75, 3.05) is 18.9 Å². The first-order valence-electron chi connectivity index (χ1n) is 8.27. The Balaban J connectivity index is 1.90. The minimum Gasteiger partial charge on any atom is -0.497 e. The Morgan fingerprint density at radius 2 is 1.89 bits per heavy atom. The van der Waals surface area contributed by atoms with Gasteiger partial charge in [-0.1, -0.05) is 30.3 Å². The molecule has 1 N–H and O–H groups in total. The molecule has 0 bridgehead atoms. The molecule has 142 valence electrons. The number of ether oxygens (including phenoxy) is 2. The fraction of sp³-hybridized carbons (Fsp3) is 0.211. The van der Waals surface area contributed by atoms with Gasteiger partial charge in [0.25, 0.3) is 10.0 Å². The summed E-state index contributed by atoms with van der Waals surface area (Å²) in [5.74, 6) is 1.42. The maximum absolute atomic E-state index is 12.8. The third kappa shape index (κ3) is 4.06. The van der Waals surface area contributed by atoms with E-state index >= 15 is 0 Å². The number of hydrogen-bond acceptors (Lipinski definition) is 6. The molecule has 0 aliphatic heterocycles. The molecule has 7 nitrogen and oxygen atoms in total. The maximum Gasteiger partial charge on any atom is 0.266 e. The Kier molecular flexibility index (Phi) is 5.36. The predicted octanol–water partition coefficient (Wildman–Crippen LogP) is 3.72. The standard InChI is InChI=1S/C19H20N2O5S/c1-4-13-8-9-16(25-3)18(10-13)27(22,23)21-19-12-17(26-20-19)14-6-5-7-15(11-14)24-2/h5-12H,4H2,1-3H3,(H,20,21). The quantitative estimate of drug-likeness (QED) is 0.663. The summed E-state index contributed by atoms with van der Waals surface area (Å²) >= 11 is 0. The molecular weight excluding hydrogens is 368 g/mol. The van der Waals surface area contributed by atoms with Gasteiger partial charge in [-0.3, -0.25) is 4.72 Å². The first-order valence-corrected chi connectivity index (χ1v) is 9.76. The molecule has 1 heterocycles. The molecule has 3 rings (SSSR count). The van der Waals surface area contributed by atoms with Gasteiger partial charge >= 0.3 is 0 Å². The maximum atomic E-state index is 12.8. The summed E-state index contributed by atoms with van der Waals surface area (Å²) < 4.78 is 43.7. The Morgan fingerprint density at radius 3 is 2.59 bits per heavy atom. The lowest BCUT2D eigenvalue weighted by molar-refractivity contribution is 0.402. The highest BCUT2D eigenvalue weighted by Gasteiger charge is 2.22. The molecule has 0 amide bonds. The van der Waals surface area contributed by atoms with Gasteiger partial charge in [-0.15, -0.1) is 0 Å². The number of methoxy groups -OCH3 is 2. The number of hydrogen-bond donors (Lipinski definition) is 1. The molecular formula is C19H20N2O5S. The van der Waals surface area contributed by atoms with Crippen LogP contribution in [-0.4, -0.2) is 27.8 Å². The molecule has 0 aliphatic carbocycles. The molecule has 8 heteroatoms. The summed E-state index contributed by atoms with van der Waals surface area (Å²) in [6, 6.07) is 13.8. The van der Waals surface area contributed by atoms with Crippen LogP contribution in [0.15, 0.2) is 57.9 Å². The minimum absolute atomic E-state index is 0.0512. The van der Waals surface area contributed by atoms with Gasteiger partial charge in [0.15, 0.2) is 11.6 Å².